The number of halogens is 1. The van der Waals surface area contributed by atoms with E-state index in [1.165, 1.54) is 0 Å². The molecule has 18 heavy (non-hydrogen) atoms. The summed E-state index contributed by atoms with van der Waals surface area (Å²) < 4.78 is 0. The van der Waals surface area contributed by atoms with E-state index < -0.39 is 0 Å². The van der Waals surface area contributed by atoms with Crippen LogP contribution in [-0.4, -0.2) is 29.9 Å². The van der Waals surface area contributed by atoms with Crippen LogP contribution < -0.4 is 5.73 Å². The zero-order valence-corrected chi connectivity index (χ0v) is 11.6. The van der Waals surface area contributed by atoms with E-state index in [4.69, 9.17) is 17.3 Å². The lowest BCUT2D eigenvalue weighted by Gasteiger charge is -2.42. The van der Waals surface area contributed by atoms with Crippen molar-refractivity contribution in [1.82, 2.24) is 4.90 Å². The summed E-state index contributed by atoms with van der Waals surface area (Å²) in [5.41, 5.74) is 6.61. The number of carbonyl (C=O) groups excluding carboxylic acids is 1. The lowest BCUT2D eigenvalue weighted by Crippen LogP contribution is -2.54. The Kier molecular flexibility index (Phi) is 3.64. The molecule has 1 atom stereocenters. The predicted octanol–water partition coefficient (Wildman–Crippen LogP) is 2.54. The number of nitrogens with zero attached hydrogens (tertiary/aromatic N) is 1. The van der Waals surface area contributed by atoms with Gasteiger partial charge in [-0.1, -0.05) is 37.6 Å². The minimum Gasteiger partial charge on any atom is -0.338 e. The van der Waals surface area contributed by atoms with E-state index >= 15 is 0 Å². The first-order valence-corrected chi connectivity index (χ1v) is 6.59. The number of benzene rings is 1. The fourth-order valence-corrected chi connectivity index (χ4v) is 2.57. The lowest BCUT2D eigenvalue weighted by atomic mass is 9.79. The van der Waals surface area contributed by atoms with Crippen molar-refractivity contribution in [3.63, 3.8) is 0 Å². The minimum absolute atomic E-state index is 0.000532. The number of likely N-dealkylation sites (tertiary alicyclic amines) is 1. The molecular formula is C14H19ClN2O. The van der Waals surface area contributed by atoms with Crippen LogP contribution in [0.4, 0.5) is 0 Å². The van der Waals surface area contributed by atoms with Gasteiger partial charge in [-0.3, -0.25) is 4.79 Å². The molecule has 1 aliphatic heterocycles. The van der Waals surface area contributed by atoms with E-state index in [2.05, 4.69) is 13.8 Å². The molecule has 2 rings (SSSR count). The molecule has 1 fully saturated rings. The topological polar surface area (TPSA) is 46.3 Å². The maximum absolute atomic E-state index is 12.4. The summed E-state index contributed by atoms with van der Waals surface area (Å²) in [7, 11) is 0. The number of piperidine rings is 1. The summed E-state index contributed by atoms with van der Waals surface area (Å²) in [6, 6.07) is 7.32. The molecule has 0 saturated carbocycles. The molecular weight excluding hydrogens is 248 g/mol. The molecule has 1 heterocycles. The second-order valence-electron chi connectivity index (χ2n) is 5.59. The Balaban J connectivity index is 2.18. The Bertz CT molecular complexity index is 459. The SMILES string of the molecule is CC1(C)CN(C(=O)c2ccccc2Cl)CCC1N. The van der Waals surface area contributed by atoms with Crippen molar-refractivity contribution in [2.45, 2.75) is 26.3 Å². The summed E-state index contributed by atoms with van der Waals surface area (Å²) in [5.74, 6) is 0.000532. The van der Waals surface area contributed by atoms with Gasteiger partial charge in [-0.15, -0.1) is 0 Å². The summed E-state index contributed by atoms with van der Waals surface area (Å²) in [5, 5.41) is 0.509. The molecule has 0 spiro atoms. The molecule has 1 unspecified atom stereocenters. The number of nitrogens with two attached hydrogens (primary N) is 1. The van der Waals surface area contributed by atoms with Gasteiger partial charge in [0.2, 0.25) is 0 Å². The van der Waals surface area contributed by atoms with E-state index in [0.29, 0.717) is 23.7 Å². The maximum Gasteiger partial charge on any atom is 0.255 e. The molecule has 3 nitrogen and oxygen atoms in total. The molecule has 4 heteroatoms. The van der Waals surface area contributed by atoms with E-state index in [1.54, 1.807) is 12.1 Å². The van der Waals surface area contributed by atoms with Gasteiger partial charge in [0.25, 0.3) is 5.91 Å². The van der Waals surface area contributed by atoms with Gasteiger partial charge in [-0.2, -0.15) is 0 Å². The minimum atomic E-state index is -0.0465. The van der Waals surface area contributed by atoms with Crippen molar-refractivity contribution < 1.29 is 4.79 Å². The second kappa shape index (κ2) is 4.90. The largest absolute Gasteiger partial charge is 0.338 e. The van der Waals surface area contributed by atoms with E-state index in [9.17, 15) is 4.79 Å². The third-order valence-corrected chi connectivity index (χ3v) is 4.03. The van der Waals surface area contributed by atoms with E-state index in [1.807, 2.05) is 17.0 Å². The summed E-state index contributed by atoms with van der Waals surface area (Å²) in [4.78, 5) is 14.3. The second-order valence-corrected chi connectivity index (χ2v) is 6.00. The highest BCUT2D eigenvalue weighted by atomic mass is 35.5. The van der Waals surface area contributed by atoms with Crippen molar-refractivity contribution in [2.75, 3.05) is 13.1 Å². The molecule has 0 aliphatic carbocycles. The Morgan fingerprint density at radius 2 is 2.11 bits per heavy atom. The van der Waals surface area contributed by atoms with Gasteiger partial charge in [-0.25, -0.2) is 0 Å². The molecule has 1 saturated heterocycles. The third kappa shape index (κ3) is 2.52. The highest BCUT2D eigenvalue weighted by Crippen LogP contribution is 2.29. The molecule has 1 aromatic rings. The average molecular weight is 267 g/mol. The third-order valence-electron chi connectivity index (χ3n) is 3.70. The zero-order chi connectivity index (χ0) is 13.3. The summed E-state index contributed by atoms with van der Waals surface area (Å²) in [6.45, 7) is 5.58. The van der Waals surface area contributed by atoms with Gasteiger partial charge >= 0.3 is 0 Å². The van der Waals surface area contributed by atoms with Gasteiger partial charge in [0.15, 0.2) is 0 Å². The van der Waals surface area contributed by atoms with Crippen LogP contribution in [0, 0.1) is 5.41 Å². The van der Waals surface area contributed by atoms with Crippen molar-refractivity contribution in [3.05, 3.63) is 34.9 Å². The first kappa shape index (κ1) is 13.4. The van der Waals surface area contributed by atoms with Gasteiger partial charge in [0.1, 0.15) is 0 Å². The van der Waals surface area contributed by atoms with Gasteiger partial charge in [-0.05, 0) is 24.0 Å². The van der Waals surface area contributed by atoms with Crippen molar-refractivity contribution in [3.8, 4) is 0 Å². The molecule has 2 N–H and O–H groups in total. The first-order valence-electron chi connectivity index (χ1n) is 6.21. The van der Waals surface area contributed by atoms with Crippen molar-refractivity contribution in [2.24, 2.45) is 11.1 Å². The van der Waals surface area contributed by atoms with Crippen LogP contribution in [-0.2, 0) is 0 Å². The van der Waals surface area contributed by atoms with Crippen LogP contribution >= 0.6 is 11.6 Å². The van der Waals surface area contributed by atoms with Crippen LogP contribution in [0.25, 0.3) is 0 Å². The maximum atomic E-state index is 12.4. The van der Waals surface area contributed by atoms with Gasteiger partial charge in [0.05, 0.1) is 10.6 Å². The van der Waals surface area contributed by atoms with Gasteiger partial charge < -0.3 is 10.6 Å². The van der Waals surface area contributed by atoms with Crippen molar-refractivity contribution >= 4 is 17.5 Å². The van der Waals surface area contributed by atoms with Crippen LogP contribution in [0.3, 0.4) is 0 Å². The van der Waals surface area contributed by atoms with E-state index in [0.717, 1.165) is 6.42 Å². The molecule has 0 radical (unpaired) electrons. The molecule has 1 aliphatic rings. The Morgan fingerprint density at radius 1 is 1.44 bits per heavy atom. The number of hydrogen-bond donors (Lipinski definition) is 1. The molecule has 98 valence electrons. The zero-order valence-electron chi connectivity index (χ0n) is 10.8. The van der Waals surface area contributed by atoms with Crippen LogP contribution in [0.1, 0.15) is 30.6 Å². The Morgan fingerprint density at radius 3 is 2.72 bits per heavy atom. The fraction of sp³-hybridized carbons (Fsp3) is 0.500. The predicted molar refractivity (Wildman–Crippen MR) is 73.7 cm³/mol. The quantitative estimate of drug-likeness (QED) is 0.849. The Hall–Kier alpha value is -1.06. The molecule has 1 aromatic carbocycles. The molecule has 1 amide bonds. The summed E-state index contributed by atoms with van der Waals surface area (Å²) in [6.07, 6.45) is 0.837. The van der Waals surface area contributed by atoms with Crippen molar-refractivity contribution in [1.29, 1.82) is 0 Å². The van der Waals surface area contributed by atoms with Gasteiger partial charge in [0, 0.05) is 19.1 Å². The van der Waals surface area contributed by atoms with Crippen LogP contribution in [0.2, 0.25) is 5.02 Å². The Labute approximate surface area is 113 Å². The normalized spacial score (nSPS) is 22.9. The number of carbonyl (C=O) groups is 1. The smallest absolute Gasteiger partial charge is 0.255 e. The number of rotatable bonds is 1. The molecule has 0 aromatic heterocycles. The monoisotopic (exact) mass is 266 g/mol. The van der Waals surface area contributed by atoms with Crippen LogP contribution in [0.5, 0.6) is 0 Å². The van der Waals surface area contributed by atoms with Crippen LogP contribution in [0.15, 0.2) is 24.3 Å². The number of hydrogen-bond acceptors (Lipinski definition) is 2. The highest BCUT2D eigenvalue weighted by Gasteiger charge is 2.35. The number of amides is 1. The highest BCUT2D eigenvalue weighted by molar-refractivity contribution is 6.33. The summed E-state index contributed by atoms with van der Waals surface area (Å²) >= 11 is 6.07. The average Bonchev–Trinajstić information content (AvgIpc) is 2.32. The lowest BCUT2D eigenvalue weighted by molar-refractivity contribution is 0.0533. The van der Waals surface area contributed by atoms with E-state index in [-0.39, 0.29) is 17.4 Å². The standard InChI is InChI=1S/C14H19ClN2O/c1-14(2)9-17(8-7-12(14)16)13(18)10-5-3-4-6-11(10)15/h3-6,12H,7-9,16H2,1-2H3. The first-order chi connectivity index (χ1) is 8.42. The molecule has 0 bridgehead atoms. The fourth-order valence-electron chi connectivity index (χ4n) is 2.35.